The van der Waals surface area contributed by atoms with Crippen LogP contribution in [0.2, 0.25) is 0 Å². The van der Waals surface area contributed by atoms with Crippen LogP contribution in [0.3, 0.4) is 0 Å². The SMILES string of the molecule is [2H]C([2H])([2H])c1ccc(-c2c(C)cccc2C2([2H])CCCCC2)[n+](C)c1. The lowest BCUT2D eigenvalue weighted by Crippen LogP contribution is -2.31. The molecular weight excluding hydrogens is 254 g/mol. The average molecular weight is 284 g/mol. The summed E-state index contributed by atoms with van der Waals surface area (Å²) in [5.74, 6) is -0.546. The van der Waals surface area contributed by atoms with E-state index >= 15 is 0 Å². The molecule has 1 nitrogen and oxygen atoms in total. The standard InChI is InChI=1S/C20H26N/c1-15-12-13-19(21(3)14-15)20-16(2)8-7-11-18(20)17-9-5-4-6-10-17/h7-8,11-14,17H,4-6,9-10H2,1-3H3/q+1/i1D3,17D. The first-order chi connectivity index (χ1) is 11.7. The third-order valence-electron chi connectivity index (χ3n) is 4.50. The first kappa shape index (κ1) is 10.2. The summed E-state index contributed by atoms with van der Waals surface area (Å²) in [6.45, 7) is -0.0342. The highest BCUT2D eigenvalue weighted by Crippen LogP contribution is 2.38. The summed E-state index contributed by atoms with van der Waals surface area (Å²) in [6, 6.07) is 9.77. The van der Waals surface area contributed by atoms with E-state index < -0.39 is 12.7 Å². The van der Waals surface area contributed by atoms with Gasteiger partial charge in [0.15, 0.2) is 6.20 Å². The molecule has 1 saturated carbocycles. The summed E-state index contributed by atoms with van der Waals surface area (Å²) in [4.78, 5) is 0. The molecule has 1 heteroatoms. The molecule has 0 bridgehead atoms. The molecule has 0 radical (unpaired) electrons. The van der Waals surface area contributed by atoms with Crippen molar-refractivity contribution < 1.29 is 10.1 Å². The molecule has 110 valence electrons. The maximum absolute atomic E-state index is 9.06. The van der Waals surface area contributed by atoms with Crippen LogP contribution in [0.5, 0.6) is 0 Å². The molecule has 0 saturated heterocycles. The van der Waals surface area contributed by atoms with Gasteiger partial charge in [0.2, 0.25) is 5.69 Å². The monoisotopic (exact) mass is 284 g/mol. The largest absolute Gasteiger partial charge is 0.212 e. The summed E-state index contributed by atoms with van der Waals surface area (Å²) in [6.07, 6.45) is 6.88. The molecule has 0 atom stereocenters. The predicted octanol–water partition coefficient (Wildman–Crippen LogP) is 4.84. The smallest absolute Gasteiger partial charge is 0.201 e. The summed E-state index contributed by atoms with van der Waals surface area (Å²) < 4.78 is 33.8. The molecule has 21 heavy (non-hydrogen) atoms. The van der Waals surface area contributed by atoms with Gasteiger partial charge in [-0.15, -0.1) is 0 Å². The van der Waals surface area contributed by atoms with Gasteiger partial charge >= 0.3 is 0 Å². The molecule has 0 spiro atoms. The molecule has 1 aliphatic rings. The van der Waals surface area contributed by atoms with Gasteiger partial charge < -0.3 is 0 Å². The molecule has 0 unspecified atom stereocenters. The van der Waals surface area contributed by atoms with Crippen molar-refractivity contribution in [3.63, 3.8) is 0 Å². The minimum atomic E-state index is -2.11. The third kappa shape index (κ3) is 2.88. The fourth-order valence-corrected chi connectivity index (χ4v) is 3.42. The number of benzene rings is 1. The number of aryl methyl sites for hydroxylation is 3. The summed E-state index contributed by atoms with van der Waals surface area (Å²) in [7, 11) is 1.89. The fourth-order valence-electron chi connectivity index (χ4n) is 3.42. The zero-order chi connectivity index (χ0) is 18.2. The van der Waals surface area contributed by atoms with Crippen LogP contribution in [0.1, 0.15) is 60.2 Å². The minimum Gasteiger partial charge on any atom is -0.201 e. The van der Waals surface area contributed by atoms with Gasteiger partial charge in [0, 0.05) is 17.1 Å². The van der Waals surface area contributed by atoms with Crippen molar-refractivity contribution in [1.29, 1.82) is 0 Å². The van der Waals surface area contributed by atoms with E-state index in [4.69, 9.17) is 5.48 Å². The molecule has 1 fully saturated rings. The summed E-state index contributed by atoms with van der Waals surface area (Å²) in [5, 5.41) is 0. The van der Waals surface area contributed by atoms with Crippen LogP contribution in [0.25, 0.3) is 11.3 Å². The van der Waals surface area contributed by atoms with Crippen molar-refractivity contribution in [1.82, 2.24) is 0 Å². The van der Waals surface area contributed by atoms with Crippen molar-refractivity contribution in [3.8, 4) is 11.3 Å². The van der Waals surface area contributed by atoms with Gasteiger partial charge in [-0.25, -0.2) is 4.57 Å². The quantitative estimate of drug-likeness (QED) is 0.695. The van der Waals surface area contributed by atoms with Crippen LogP contribution in [0.15, 0.2) is 36.5 Å². The number of pyridine rings is 1. The summed E-state index contributed by atoms with van der Waals surface area (Å²) in [5.41, 5.74) is 4.60. The van der Waals surface area contributed by atoms with Crippen LogP contribution >= 0.6 is 0 Å². The third-order valence-corrected chi connectivity index (χ3v) is 4.50. The zero-order valence-electron chi connectivity index (χ0n) is 16.9. The molecular formula is C20H26N+. The van der Waals surface area contributed by atoms with E-state index in [0.29, 0.717) is 5.56 Å². The van der Waals surface area contributed by atoms with Gasteiger partial charge in [-0.1, -0.05) is 37.5 Å². The second-order valence-electron chi connectivity index (χ2n) is 6.08. The second-order valence-corrected chi connectivity index (χ2v) is 6.08. The van der Waals surface area contributed by atoms with E-state index in [0.717, 1.165) is 48.1 Å². The highest BCUT2D eigenvalue weighted by atomic mass is 14.9. The fraction of sp³-hybridized carbons (Fsp3) is 0.450. The summed E-state index contributed by atoms with van der Waals surface area (Å²) >= 11 is 0. The Bertz CT molecular complexity index is 774. The molecule has 1 aliphatic carbocycles. The average Bonchev–Trinajstić information content (AvgIpc) is 2.55. The van der Waals surface area contributed by atoms with E-state index in [2.05, 4.69) is 19.1 Å². The lowest BCUT2D eigenvalue weighted by molar-refractivity contribution is -0.660. The zero-order valence-corrected chi connectivity index (χ0v) is 12.9. The highest BCUT2D eigenvalue weighted by molar-refractivity contribution is 5.66. The normalized spacial score (nSPS) is 21.0. The topological polar surface area (TPSA) is 3.88 Å². The van der Waals surface area contributed by atoms with Gasteiger partial charge in [0.25, 0.3) is 0 Å². The van der Waals surface area contributed by atoms with Crippen molar-refractivity contribution in [2.24, 2.45) is 7.05 Å². The maximum Gasteiger partial charge on any atom is 0.212 e. The molecule has 0 N–H and O–H groups in total. The molecule has 1 aromatic heterocycles. The number of rotatable bonds is 2. The second kappa shape index (κ2) is 6.01. The number of hydrogen-bond donors (Lipinski definition) is 0. The molecule has 2 aromatic rings. The molecule has 1 aromatic carbocycles. The molecule has 3 rings (SSSR count). The van der Waals surface area contributed by atoms with Crippen molar-refractivity contribution >= 4 is 0 Å². The van der Waals surface area contributed by atoms with Crippen molar-refractivity contribution in [3.05, 3.63) is 53.2 Å². The van der Waals surface area contributed by atoms with E-state index in [-0.39, 0.29) is 0 Å². The van der Waals surface area contributed by atoms with Gasteiger partial charge in [-0.05, 0) is 49.7 Å². The Morgan fingerprint density at radius 2 is 1.95 bits per heavy atom. The molecule has 1 heterocycles. The van der Waals surface area contributed by atoms with Gasteiger partial charge in [0.05, 0.1) is 5.56 Å². The molecule has 0 amide bonds. The maximum atomic E-state index is 9.06. The highest BCUT2D eigenvalue weighted by Gasteiger charge is 2.23. The minimum absolute atomic E-state index is 0.340. The Hall–Kier alpha value is -1.63. The molecule has 0 aliphatic heterocycles. The Labute approximate surface area is 134 Å². The van der Waals surface area contributed by atoms with Crippen LogP contribution in [-0.4, -0.2) is 0 Å². The number of hydrogen-bond acceptors (Lipinski definition) is 0. The van der Waals surface area contributed by atoms with E-state index in [1.54, 1.807) is 12.3 Å². The predicted molar refractivity (Wildman–Crippen MR) is 88.4 cm³/mol. The Morgan fingerprint density at radius 3 is 2.67 bits per heavy atom. The first-order valence-electron chi connectivity index (χ1n) is 9.83. The van der Waals surface area contributed by atoms with Crippen molar-refractivity contribution in [2.75, 3.05) is 0 Å². The van der Waals surface area contributed by atoms with Crippen LogP contribution in [0.4, 0.5) is 0 Å². The van der Waals surface area contributed by atoms with E-state index in [1.165, 1.54) is 6.42 Å². The number of aromatic nitrogens is 1. The van der Waals surface area contributed by atoms with Crippen LogP contribution in [0, 0.1) is 13.8 Å². The Balaban J connectivity index is 2.15. The van der Waals surface area contributed by atoms with Crippen LogP contribution in [-0.2, 0) is 7.05 Å². The van der Waals surface area contributed by atoms with Gasteiger partial charge in [0.1, 0.15) is 7.05 Å². The Kier molecular flexibility index (Phi) is 2.91. The van der Waals surface area contributed by atoms with E-state index in [1.807, 2.05) is 23.7 Å². The van der Waals surface area contributed by atoms with Gasteiger partial charge in [-0.3, -0.25) is 0 Å². The lowest BCUT2D eigenvalue weighted by Gasteiger charge is -2.24. The number of nitrogens with zero attached hydrogens (tertiary/aromatic N) is 1. The van der Waals surface area contributed by atoms with Crippen molar-refractivity contribution in [2.45, 2.75) is 51.8 Å². The lowest BCUT2D eigenvalue weighted by atomic mass is 9.80. The van der Waals surface area contributed by atoms with E-state index in [9.17, 15) is 0 Å². The van der Waals surface area contributed by atoms with Gasteiger partial charge in [-0.2, -0.15) is 0 Å². The first-order valence-corrected chi connectivity index (χ1v) is 7.83. The Morgan fingerprint density at radius 1 is 1.14 bits per heavy atom. The van der Waals surface area contributed by atoms with Crippen LogP contribution < -0.4 is 4.57 Å².